The van der Waals surface area contributed by atoms with Crippen molar-refractivity contribution in [1.82, 2.24) is 0 Å². The highest BCUT2D eigenvalue weighted by molar-refractivity contribution is 6.31. The Bertz CT molecular complexity index is 1440. The molecule has 202 valence electrons. The first-order chi connectivity index (χ1) is 18.4. The fourth-order valence-electron chi connectivity index (χ4n) is 7.08. The van der Waals surface area contributed by atoms with Crippen LogP contribution in [0.5, 0.6) is 5.75 Å². The molecule has 2 aromatic carbocycles. The maximum atomic E-state index is 13.9. The van der Waals surface area contributed by atoms with Gasteiger partial charge in [-0.3, -0.25) is 28.8 Å². The number of rotatable bonds is 5. The van der Waals surface area contributed by atoms with Crippen LogP contribution in [0, 0.1) is 36.5 Å². The highest BCUT2D eigenvalue weighted by atomic mass is 16.3. The minimum atomic E-state index is -2.85. The number of carbonyl (C=O) groups is 6. The van der Waals surface area contributed by atoms with Crippen LogP contribution in [0.2, 0.25) is 0 Å². The first-order valence-corrected chi connectivity index (χ1v) is 12.9. The fourth-order valence-corrected chi connectivity index (χ4v) is 7.08. The van der Waals surface area contributed by atoms with Gasteiger partial charge in [-0.05, 0) is 41.9 Å². The van der Waals surface area contributed by atoms with Crippen molar-refractivity contribution in [3.05, 3.63) is 64.7 Å². The number of aliphatic hydroxyl groups is 1. The third kappa shape index (κ3) is 3.95. The number of amides is 1. The molecular formula is C30H29NO8. The van der Waals surface area contributed by atoms with E-state index >= 15 is 0 Å². The summed E-state index contributed by atoms with van der Waals surface area (Å²) in [6, 6.07) is 11.9. The molecule has 2 fully saturated rings. The van der Waals surface area contributed by atoms with Crippen molar-refractivity contribution in [2.24, 2.45) is 35.3 Å². The van der Waals surface area contributed by atoms with Crippen LogP contribution < -0.4 is 5.73 Å². The van der Waals surface area contributed by atoms with E-state index in [9.17, 15) is 39.0 Å². The number of benzene rings is 2. The molecule has 2 unspecified atom stereocenters. The number of primary amides is 1. The number of ketones is 5. The summed E-state index contributed by atoms with van der Waals surface area (Å²) in [6.45, 7) is 3.68. The molecule has 0 bridgehead atoms. The van der Waals surface area contributed by atoms with Crippen LogP contribution in [0.3, 0.4) is 0 Å². The number of phenols is 1. The maximum absolute atomic E-state index is 13.9. The standard InChI is InChI=1S/C30H29NO8/c1-13-6-8-15(9-7-13)10-16(32)11-18-19-12-21(34)24(29(31)38)27(36)30(19,39)28(37)25-22(18)14(2)17-4-3-5-20(33)23(17)26(25)35/h3-9,14,18-19,22,24-25,33,39H,10-12H2,1-2H3,(H2,31,38)/t14-,18+,19+,22-,24?,25?,30+/m0/s1. The lowest BCUT2D eigenvalue weighted by Crippen LogP contribution is -2.71. The molecule has 39 heavy (non-hydrogen) atoms. The van der Waals surface area contributed by atoms with Gasteiger partial charge in [-0.2, -0.15) is 0 Å². The summed E-state index contributed by atoms with van der Waals surface area (Å²) >= 11 is 0. The largest absolute Gasteiger partial charge is 0.507 e. The van der Waals surface area contributed by atoms with Crippen molar-refractivity contribution in [1.29, 1.82) is 0 Å². The van der Waals surface area contributed by atoms with Crippen LogP contribution in [0.1, 0.15) is 52.7 Å². The summed E-state index contributed by atoms with van der Waals surface area (Å²) in [5.41, 5.74) is 4.63. The molecule has 4 N–H and O–H groups in total. The van der Waals surface area contributed by atoms with Crippen LogP contribution >= 0.6 is 0 Å². The van der Waals surface area contributed by atoms with Crippen molar-refractivity contribution in [3.8, 4) is 5.75 Å². The molecule has 9 heteroatoms. The van der Waals surface area contributed by atoms with Crippen LogP contribution in [-0.2, 0) is 30.4 Å². The molecule has 9 nitrogen and oxygen atoms in total. The molecule has 7 atom stereocenters. The molecule has 2 saturated carbocycles. The molecule has 0 radical (unpaired) electrons. The van der Waals surface area contributed by atoms with Gasteiger partial charge in [0.2, 0.25) is 5.91 Å². The number of carbonyl (C=O) groups excluding carboxylic acids is 6. The van der Waals surface area contributed by atoms with Gasteiger partial charge in [0.15, 0.2) is 34.7 Å². The van der Waals surface area contributed by atoms with Crippen LogP contribution in [0.4, 0.5) is 0 Å². The second-order valence-corrected chi connectivity index (χ2v) is 11.1. The number of hydrogen-bond donors (Lipinski definition) is 3. The summed E-state index contributed by atoms with van der Waals surface area (Å²) in [5.74, 6) is -13.1. The number of phenolic OH excluding ortho intramolecular Hbond substituents is 1. The molecule has 5 rings (SSSR count). The van der Waals surface area contributed by atoms with E-state index in [1.807, 2.05) is 31.2 Å². The third-order valence-corrected chi connectivity index (χ3v) is 8.91. The molecule has 0 heterocycles. The molecule has 2 aromatic rings. The van der Waals surface area contributed by atoms with Gasteiger partial charge in [0, 0.05) is 25.2 Å². The number of nitrogens with two attached hydrogens (primary N) is 1. The average molecular weight is 532 g/mol. The second-order valence-electron chi connectivity index (χ2n) is 11.1. The van der Waals surface area contributed by atoms with E-state index in [4.69, 9.17) is 5.73 Å². The fraction of sp³-hybridized carbons (Fsp3) is 0.400. The highest BCUT2D eigenvalue weighted by Gasteiger charge is 2.69. The Morgan fingerprint density at radius 3 is 2.33 bits per heavy atom. The molecule has 0 aromatic heterocycles. The number of aromatic hydroxyl groups is 1. The van der Waals surface area contributed by atoms with Crippen molar-refractivity contribution >= 4 is 34.8 Å². The van der Waals surface area contributed by atoms with Crippen molar-refractivity contribution in [2.45, 2.75) is 44.6 Å². The number of aryl methyl sites for hydroxylation is 1. The first-order valence-electron chi connectivity index (χ1n) is 12.9. The lowest BCUT2D eigenvalue weighted by atomic mass is 9.47. The van der Waals surface area contributed by atoms with Gasteiger partial charge in [-0.25, -0.2) is 0 Å². The second kappa shape index (κ2) is 9.34. The van der Waals surface area contributed by atoms with Gasteiger partial charge in [-0.1, -0.05) is 48.9 Å². The molecule has 0 spiro atoms. The van der Waals surface area contributed by atoms with E-state index < -0.39 is 76.6 Å². The SMILES string of the molecule is Cc1ccc(CC(=O)C[C@H]2[C@H]3C(C(=O)c4c(O)cccc4[C@@H]3C)C(=O)[C@]3(O)C(=O)C(C(N)=O)C(=O)C[C@H]23)cc1. The van der Waals surface area contributed by atoms with E-state index in [1.165, 1.54) is 6.07 Å². The van der Waals surface area contributed by atoms with E-state index in [2.05, 4.69) is 0 Å². The van der Waals surface area contributed by atoms with E-state index in [-0.39, 0.29) is 29.9 Å². The summed E-state index contributed by atoms with van der Waals surface area (Å²) < 4.78 is 0. The zero-order chi connectivity index (χ0) is 28.4. The molecule has 3 aliphatic carbocycles. The number of Topliss-reactive ketones (excluding diaryl/α,β-unsaturated/α-hetero) is 5. The summed E-state index contributed by atoms with van der Waals surface area (Å²) in [4.78, 5) is 79.4. The van der Waals surface area contributed by atoms with E-state index in [0.29, 0.717) is 5.56 Å². The molecule has 3 aliphatic rings. The third-order valence-electron chi connectivity index (χ3n) is 8.91. The monoisotopic (exact) mass is 531 g/mol. The van der Waals surface area contributed by atoms with Crippen LogP contribution in [0.15, 0.2) is 42.5 Å². The van der Waals surface area contributed by atoms with Crippen molar-refractivity contribution < 1.29 is 39.0 Å². The number of fused-ring (bicyclic) bond motifs is 3. The normalized spacial score (nSPS) is 31.8. The topological polar surface area (TPSA) is 169 Å². The predicted molar refractivity (Wildman–Crippen MR) is 137 cm³/mol. The van der Waals surface area contributed by atoms with E-state index in [0.717, 1.165) is 11.1 Å². The van der Waals surface area contributed by atoms with Gasteiger partial charge < -0.3 is 15.9 Å². The van der Waals surface area contributed by atoms with Crippen LogP contribution in [0.25, 0.3) is 0 Å². The minimum Gasteiger partial charge on any atom is -0.507 e. The summed E-state index contributed by atoms with van der Waals surface area (Å²) in [5, 5.41) is 22.2. The van der Waals surface area contributed by atoms with Crippen LogP contribution in [-0.4, -0.2) is 50.6 Å². The predicted octanol–water partition coefficient (Wildman–Crippen LogP) is 1.62. The zero-order valence-electron chi connectivity index (χ0n) is 21.5. The Labute approximate surface area is 224 Å². The van der Waals surface area contributed by atoms with Gasteiger partial charge in [-0.15, -0.1) is 0 Å². The lowest BCUT2D eigenvalue weighted by molar-refractivity contribution is -0.183. The average Bonchev–Trinajstić information content (AvgIpc) is 2.87. The van der Waals surface area contributed by atoms with E-state index in [1.54, 1.807) is 19.1 Å². The Balaban J connectivity index is 1.63. The van der Waals surface area contributed by atoms with Crippen molar-refractivity contribution in [3.63, 3.8) is 0 Å². The lowest BCUT2D eigenvalue weighted by Gasteiger charge is -2.54. The Kier molecular flexibility index (Phi) is 6.37. The van der Waals surface area contributed by atoms with Gasteiger partial charge in [0.25, 0.3) is 0 Å². The van der Waals surface area contributed by atoms with Crippen molar-refractivity contribution in [2.75, 3.05) is 0 Å². The van der Waals surface area contributed by atoms with Gasteiger partial charge >= 0.3 is 0 Å². The smallest absolute Gasteiger partial charge is 0.235 e. The first kappa shape index (κ1) is 26.6. The van der Waals surface area contributed by atoms with Gasteiger partial charge in [0.1, 0.15) is 11.5 Å². The molecule has 0 aliphatic heterocycles. The molecular weight excluding hydrogens is 502 g/mol. The Hall–Kier alpha value is -3.98. The molecule has 0 saturated heterocycles. The Morgan fingerprint density at radius 2 is 1.69 bits per heavy atom. The highest BCUT2D eigenvalue weighted by Crippen LogP contribution is 2.57. The Morgan fingerprint density at radius 1 is 1.03 bits per heavy atom. The summed E-state index contributed by atoms with van der Waals surface area (Å²) in [7, 11) is 0. The minimum absolute atomic E-state index is 0.0404. The summed E-state index contributed by atoms with van der Waals surface area (Å²) in [6.07, 6.45) is -0.678. The van der Waals surface area contributed by atoms with Gasteiger partial charge in [0.05, 0.1) is 11.5 Å². The molecule has 1 amide bonds. The zero-order valence-corrected chi connectivity index (χ0v) is 21.5. The quantitative estimate of drug-likeness (QED) is 0.489. The number of hydrogen-bond acceptors (Lipinski definition) is 8. The maximum Gasteiger partial charge on any atom is 0.235 e.